The Hall–Kier alpha value is -1.61. The highest BCUT2D eigenvalue weighted by Crippen LogP contribution is 2.19. The average molecular weight is 259 g/mol. The molecule has 0 N–H and O–H groups in total. The Kier molecular flexibility index (Phi) is 3.53. The van der Waals surface area contributed by atoms with Crippen molar-refractivity contribution in [1.29, 1.82) is 0 Å². The molecule has 2 nitrogen and oxygen atoms in total. The van der Waals surface area contributed by atoms with E-state index in [1.165, 1.54) is 5.75 Å². The summed E-state index contributed by atoms with van der Waals surface area (Å²) in [7, 11) is -3.37. The lowest BCUT2D eigenvalue weighted by Gasteiger charge is -2.05. The summed E-state index contributed by atoms with van der Waals surface area (Å²) in [6, 6.07) is 14.3. The molecule has 0 aromatic heterocycles. The summed E-state index contributed by atoms with van der Waals surface area (Å²) in [5.41, 5.74) is 2.85. The molecule has 0 unspecified atom stereocenters. The van der Waals surface area contributed by atoms with Crippen molar-refractivity contribution in [1.82, 2.24) is 0 Å². The molecule has 18 heavy (non-hydrogen) atoms. The Morgan fingerprint density at radius 3 is 1.72 bits per heavy atom. The average Bonchev–Trinajstić information content (AvgIpc) is 2.32. The van der Waals surface area contributed by atoms with Crippen LogP contribution in [0.1, 0.15) is 16.7 Å². The van der Waals surface area contributed by atoms with Gasteiger partial charge in [-0.25, -0.2) is 8.42 Å². The van der Waals surface area contributed by atoms with E-state index in [1.54, 1.807) is 36.4 Å². The van der Waals surface area contributed by atoms with E-state index in [9.17, 15) is 8.42 Å². The summed E-state index contributed by atoms with van der Waals surface area (Å²) in [5.74, 6) is 1.30. The summed E-state index contributed by atoms with van der Waals surface area (Å²) in [4.78, 5) is 0.327. The molecule has 0 atom stereocenters. The lowest BCUT2D eigenvalue weighted by Crippen LogP contribution is -2.02. The minimum absolute atomic E-state index is 0.327. The Balaban J connectivity index is 2.27. The number of aryl methyl sites for hydroxylation is 2. The van der Waals surface area contributed by atoms with Gasteiger partial charge in [0.1, 0.15) is 5.75 Å². The molecule has 0 heterocycles. The lowest BCUT2D eigenvalue weighted by molar-refractivity contribution is 0.602. The maximum absolute atomic E-state index is 12.1. The van der Waals surface area contributed by atoms with Crippen molar-refractivity contribution in [3.05, 3.63) is 71.0 Å². The van der Waals surface area contributed by atoms with E-state index in [0.717, 1.165) is 11.1 Å². The number of sulfone groups is 1. The molecular weight excluding hydrogens is 244 g/mol. The zero-order chi connectivity index (χ0) is 13.2. The largest absolute Gasteiger partial charge is 0.223 e. The van der Waals surface area contributed by atoms with Crippen molar-refractivity contribution >= 4 is 9.84 Å². The minimum atomic E-state index is -3.37. The van der Waals surface area contributed by atoms with Crippen molar-refractivity contribution < 1.29 is 8.42 Å². The van der Waals surface area contributed by atoms with Crippen molar-refractivity contribution in [2.75, 3.05) is 0 Å². The monoisotopic (exact) mass is 259 g/mol. The van der Waals surface area contributed by atoms with Crippen LogP contribution in [0.5, 0.6) is 0 Å². The predicted molar refractivity (Wildman–Crippen MR) is 72.9 cm³/mol. The lowest BCUT2D eigenvalue weighted by atomic mass is 10.2. The fraction of sp³-hybridized carbons (Fsp3) is 0.133. The SMILES string of the molecule is Cc1ccc([CH]S(=O)(=O)c2ccc(C)cc2)cc1. The molecule has 1 radical (unpaired) electrons. The van der Waals surface area contributed by atoms with Crippen LogP contribution in [0.2, 0.25) is 0 Å². The van der Waals surface area contributed by atoms with Gasteiger partial charge in [0.25, 0.3) is 0 Å². The number of rotatable bonds is 3. The summed E-state index contributed by atoms with van der Waals surface area (Å²) in [6.07, 6.45) is 0. The fourth-order valence-electron chi connectivity index (χ4n) is 1.62. The first-order valence-corrected chi connectivity index (χ1v) is 7.25. The standard InChI is InChI=1S/C15H15O2S/c1-12-3-7-14(8-4-12)11-18(16,17)15-9-5-13(2)6-10-15/h3-11H,1-2H3. The second kappa shape index (κ2) is 4.94. The van der Waals surface area contributed by atoms with Crippen LogP contribution in [-0.4, -0.2) is 8.42 Å². The Morgan fingerprint density at radius 1 is 0.778 bits per heavy atom. The van der Waals surface area contributed by atoms with Gasteiger partial charge in [-0.1, -0.05) is 47.5 Å². The minimum Gasteiger partial charge on any atom is -0.223 e. The second-order valence-electron chi connectivity index (χ2n) is 4.39. The van der Waals surface area contributed by atoms with Gasteiger partial charge < -0.3 is 0 Å². The predicted octanol–water partition coefficient (Wildman–Crippen LogP) is 3.29. The second-order valence-corrected chi connectivity index (χ2v) is 6.18. The Morgan fingerprint density at radius 2 is 1.22 bits per heavy atom. The molecule has 0 spiro atoms. The number of hydrogen-bond donors (Lipinski definition) is 0. The molecule has 0 aliphatic carbocycles. The summed E-state index contributed by atoms with van der Waals surface area (Å²) in [6.45, 7) is 3.90. The van der Waals surface area contributed by atoms with Crippen molar-refractivity contribution in [2.24, 2.45) is 0 Å². The number of benzene rings is 2. The van der Waals surface area contributed by atoms with Crippen LogP contribution in [-0.2, 0) is 9.84 Å². The maximum Gasteiger partial charge on any atom is 0.187 e. The van der Waals surface area contributed by atoms with Gasteiger partial charge in [-0.3, -0.25) is 0 Å². The maximum atomic E-state index is 12.1. The molecule has 0 saturated heterocycles. The molecule has 0 bridgehead atoms. The highest BCUT2D eigenvalue weighted by atomic mass is 32.2. The van der Waals surface area contributed by atoms with E-state index in [1.807, 2.05) is 26.0 Å². The van der Waals surface area contributed by atoms with Crippen molar-refractivity contribution in [3.63, 3.8) is 0 Å². The van der Waals surface area contributed by atoms with Crippen LogP contribution in [0.15, 0.2) is 53.4 Å². The zero-order valence-electron chi connectivity index (χ0n) is 10.4. The first-order valence-electron chi connectivity index (χ1n) is 5.70. The molecule has 2 aromatic rings. The Labute approximate surface area is 108 Å². The quantitative estimate of drug-likeness (QED) is 0.847. The van der Waals surface area contributed by atoms with Crippen LogP contribution < -0.4 is 0 Å². The van der Waals surface area contributed by atoms with Crippen LogP contribution in [0.25, 0.3) is 0 Å². The van der Waals surface area contributed by atoms with Gasteiger partial charge in [-0.05, 0) is 31.5 Å². The molecule has 0 aliphatic heterocycles. The van der Waals surface area contributed by atoms with Gasteiger partial charge in [0, 0.05) is 0 Å². The van der Waals surface area contributed by atoms with Crippen LogP contribution >= 0.6 is 0 Å². The summed E-state index contributed by atoms with van der Waals surface area (Å²) >= 11 is 0. The van der Waals surface area contributed by atoms with E-state index < -0.39 is 9.84 Å². The molecule has 0 fully saturated rings. The molecule has 2 rings (SSSR count). The van der Waals surface area contributed by atoms with Gasteiger partial charge in [-0.15, -0.1) is 0 Å². The van der Waals surface area contributed by atoms with E-state index in [2.05, 4.69) is 0 Å². The van der Waals surface area contributed by atoms with Crippen molar-refractivity contribution in [2.45, 2.75) is 18.7 Å². The van der Waals surface area contributed by atoms with Gasteiger partial charge >= 0.3 is 0 Å². The third-order valence-corrected chi connectivity index (χ3v) is 4.23. The van der Waals surface area contributed by atoms with Crippen LogP contribution in [0, 0.1) is 19.6 Å². The Bertz CT molecular complexity index is 623. The first kappa shape index (κ1) is 12.8. The fourth-order valence-corrected chi connectivity index (χ4v) is 2.79. The van der Waals surface area contributed by atoms with Gasteiger partial charge in [0.2, 0.25) is 0 Å². The number of hydrogen-bond acceptors (Lipinski definition) is 2. The smallest absolute Gasteiger partial charge is 0.187 e. The van der Waals surface area contributed by atoms with Gasteiger partial charge in [0.15, 0.2) is 9.84 Å². The first-order chi connectivity index (χ1) is 8.47. The molecule has 0 amide bonds. The molecule has 0 aliphatic rings. The molecule has 2 aromatic carbocycles. The normalized spacial score (nSPS) is 11.4. The highest BCUT2D eigenvalue weighted by Gasteiger charge is 2.15. The molecular formula is C15H15O2S. The van der Waals surface area contributed by atoms with E-state index in [-0.39, 0.29) is 0 Å². The van der Waals surface area contributed by atoms with Gasteiger partial charge in [0.05, 0.1) is 4.90 Å². The molecule has 93 valence electrons. The third-order valence-electron chi connectivity index (χ3n) is 2.72. The van der Waals surface area contributed by atoms with Crippen LogP contribution in [0.3, 0.4) is 0 Å². The van der Waals surface area contributed by atoms with Gasteiger partial charge in [-0.2, -0.15) is 0 Å². The van der Waals surface area contributed by atoms with Crippen molar-refractivity contribution in [3.8, 4) is 0 Å². The third kappa shape index (κ3) is 2.99. The summed E-state index contributed by atoms with van der Waals surface area (Å²) in [5, 5.41) is 0. The topological polar surface area (TPSA) is 34.1 Å². The van der Waals surface area contributed by atoms with E-state index in [4.69, 9.17) is 0 Å². The molecule has 3 heteroatoms. The van der Waals surface area contributed by atoms with E-state index in [0.29, 0.717) is 10.5 Å². The zero-order valence-corrected chi connectivity index (χ0v) is 11.2. The van der Waals surface area contributed by atoms with E-state index >= 15 is 0 Å². The summed E-state index contributed by atoms with van der Waals surface area (Å²) < 4.78 is 24.3. The molecule has 0 saturated carbocycles. The highest BCUT2D eigenvalue weighted by molar-refractivity contribution is 7.93. The van der Waals surface area contributed by atoms with Crippen LogP contribution in [0.4, 0.5) is 0 Å².